The molecule has 0 saturated carbocycles. The molecule has 0 radical (unpaired) electrons. The van der Waals surface area contributed by atoms with Crippen LogP contribution in [0.1, 0.15) is 39.8 Å². The van der Waals surface area contributed by atoms with E-state index < -0.39 is 4.92 Å². The van der Waals surface area contributed by atoms with Gasteiger partial charge in [0.25, 0.3) is 11.2 Å². The van der Waals surface area contributed by atoms with Crippen LogP contribution >= 0.6 is 22.7 Å². The van der Waals surface area contributed by atoms with Gasteiger partial charge in [-0.15, -0.1) is 11.3 Å². The van der Waals surface area contributed by atoms with Crippen molar-refractivity contribution in [3.05, 3.63) is 135 Å². The Labute approximate surface area is 230 Å². The summed E-state index contributed by atoms with van der Waals surface area (Å²) < 4.78 is 8.41. The second-order valence-electron chi connectivity index (χ2n) is 9.54. The second kappa shape index (κ2) is 9.14. The summed E-state index contributed by atoms with van der Waals surface area (Å²) in [5.41, 5.74) is 5.69. The molecular weight excluding hydrogens is 530 g/mol. The summed E-state index contributed by atoms with van der Waals surface area (Å²) in [6.07, 6.45) is 3.51. The first-order valence-electron chi connectivity index (χ1n) is 12.5. The monoisotopic (exact) mass is 551 g/mol. The molecule has 0 bridgehead atoms. The van der Waals surface area contributed by atoms with Crippen LogP contribution in [0.2, 0.25) is 0 Å². The van der Waals surface area contributed by atoms with Crippen LogP contribution in [-0.4, -0.2) is 9.49 Å². The highest BCUT2D eigenvalue weighted by Gasteiger charge is 2.33. The summed E-state index contributed by atoms with van der Waals surface area (Å²) in [5, 5.41) is 13.4. The largest absolute Gasteiger partial charge is 0.457 e. The minimum atomic E-state index is -0.397. The normalized spacial score (nSPS) is 16.4. The third-order valence-corrected chi connectivity index (χ3v) is 9.26. The van der Waals surface area contributed by atoms with Gasteiger partial charge in [0, 0.05) is 33.7 Å². The maximum absolute atomic E-state index is 13.8. The number of furan rings is 1. The Kier molecular flexibility index (Phi) is 5.57. The highest BCUT2D eigenvalue weighted by atomic mass is 32.1. The smallest absolute Gasteiger partial charge is 0.273 e. The molecule has 0 fully saturated rings. The van der Waals surface area contributed by atoms with Gasteiger partial charge in [-0.05, 0) is 54.5 Å². The van der Waals surface area contributed by atoms with E-state index in [9.17, 15) is 14.9 Å². The molecule has 1 aliphatic heterocycles. The Morgan fingerprint density at radius 3 is 2.72 bits per heavy atom. The van der Waals surface area contributed by atoms with E-state index >= 15 is 0 Å². The van der Waals surface area contributed by atoms with Crippen LogP contribution in [0, 0.1) is 17.0 Å². The maximum atomic E-state index is 13.8. The van der Waals surface area contributed by atoms with Gasteiger partial charge in [0.15, 0.2) is 4.80 Å². The van der Waals surface area contributed by atoms with Gasteiger partial charge in [0.2, 0.25) is 0 Å². The molecule has 7 nitrogen and oxygen atoms in total. The number of hydrogen-bond acceptors (Lipinski definition) is 7. The molecule has 0 spiro atoms. The first-order valence-corrected chi connectivity index (χ1v) is 14.2. The van der Waals surface area contributed by atoms with Crippen LogP contribution in [0.5, 0.6) is 0 Å². The number of aryl methyl sites for hydroxylation is 1. The average Bonchev–Trinajstić information content (AvgIpc) is 3.70. The summed E-state index contributed by atoms with van der Waals surface area (Å²) in [6.45, 7) is 1.71. The summed E-state index contributed by atoms with van der Waals surface area (Å²) in [6, 6.07) is 20.8. The van der Waals surface area contributed by atoms with Crippen LogP contribution in [0.3, 0.4) is 0 Å². The third-order valence-electron chi connectivity index (χ3n) is 7.35. The fraction of sp³-hybridized carbons (Fsp3) is 0.133. The van der Waals surface area contributed by atoms with Crippen molar-refractivity contribution in [2.75, 3.05) is 0 Å². The molecule has 7 rings (SSSR count). The van der Waals surface area contributed by atoms with Gasteiger partial charge in [-0.1, -0.05) is 53.8 Å². The number of allylic oxidation sites excluding steroid dienone is 1. The van der Waals surface area contributed by atoms with E-state index in [0.29, 0.717) is 32.0 Å². The van der Waals surface area contributed by atoms with Gasteiger partial charge < -0.3 is 4.42 Å². The topological polar surface area (TPSA) is 90.6 Å². The second-order valence-corrected chi connectivity index (χ2v) is 11.5. The number of thiazole rings is 1. The maximum Gasteiger partial charge on any atom is 0.273 e. The van der Waals surface area contributed by atoms with Crippen molar-refractivity contribution < 1.29 is 9.34 Å². The molecule has 2 aromatic carbocycles. The highest BCUT2D eigenvalue weighted by Crippen LogP contribution is 2.42. The average molecular weight is 552 g/mol. The number of nitro benzene ring substituents is 1. The first kappa shape index (κ1) is 23.8. The Bertz CT molecular complexity index is 1990. The molecular formula is C30H21N3O4S2. The van der Waals surface area contributed by atoms with Crippen molar-refractivity contribution in [1.29, 1.82) is 0 Å². The molecule has 0 amide bonds. The van der Waals surface area contributed by atoms with E-state index in [0.717, 1.165) is 29.0 Å². The van der Waals surface area contributed by atoms with E-state index in [1.165, 1.54) is 28.5 Å². The molecule has 5 aromatic rings. The van der Waals surface area contributed by atoms with Crippen LogP contribution in [-0.2, 0) is 6.42 Å². The lowest BCUT2D eigenvalue weighted by atomic mass is 9.85. The molecule has 9 heteroatoms. The number of nitro groups is 1. The summed E-state index contributed by atoms with van der Waals surface area (Å²) in [5.74, 6) is 1.02. The van der Waals surface area contributed by atoms with Gasteiger partial charge in [-0.25, -0.2) is 4.99 Å². The van der Waals surface area contributed by atoms with Crippen molar-refractivity contribution in [1.82, 2.24) is 4.57 Å². The van der Waals surface area contributed by atoms with Crippen LogP contribution in [0.15, 0.2) is 91.9 Å². The van der Waals surface area contributed by atoms with Gasteiger partial charge in [0.05, 0.1) is 21.2 Å². The van der Waals surface area contributed by atoms with E-state index in [-0.39, 0.29) is 17.3 Å². The Balaban J connectivity index is 1.37. The van der Waals surface area contributed by atoms with Gasteiger partial charge in [-0.3, -0.25) is 19.5 Å². The zero-order valence-corrected chi connectivity index (χ0v) is 22.4. The minimum absolute atomic E-state index is 0.0397. The van der Waals surface area contributed by atoms with Crippen molar-refractivity contribution in [2.24, 2.45) is 4.99 Å². The zero-order chi connectivity index (χ0) is 26.7. The van der Waals surface area contributed by atoms with Crippen LogP contribution < -0.4 is 14.9 Å². The molecule has 2 aliphatic rings. The van der Waals surface area contributed by atoms with E-state index in [2.05, 4.69) is 24.3 Å². The SMILES string of the molecule is Cc1c(-c2ccc(/C=c3/sc4n(c3=O)[C@H](c3cccs3)C3=C(N=4)c4ccccc4CC3)o2)cccc1[N+](=O)[O-]. The molecule has 3 aromatic heterocycles. The predicted octanol–water partition coefficient (Wildman–Crippen LogP) is 5.86. The fourth-order valence-electron chi connectivity index (χ4n) is 5.51. The lowest BCUT2D eigenvalue weighted by Gasteiger charge is -2.30. The highest BCUT2D eigenvalue weighted by molar-refractivity contribution is 7.10. The molecule has 1 atom stereocenters. The third kappa shape index (κ3) is 3.85. The van der Waals surface area contributed by atoms with Gasteiger partial charge >= 0.3 is 0 Å². The van der Waals surface area contributed by atoms with Gasteiger partial charge in [0.1, 0.15) is 11.5 Å². The molecule has 1 aliphatic carbocycles. The van der Waals surface area contributed by atoms with Crippen LogP contribution in [0.25, 0.3) is 23.1 Å². The van der Waals surface area contributed by atoms with E-state index in [1.54, 1.807) is 48.6 Å². The molecule has 0 unspecified atom stereocenters. The zero-order valence-electron chi connectivity index (χ0n) is 20.8. The number of rotatable bonds is 4. The molecule has 39 heavy (non-hydrogen) atoms. The van der Waals surface area contributed by atoms with Crippen molar-refractivity contribution in [3.63, 3.8) is 0 Å². The van der Waals surface area contributed by atoms with Crippen molar-refractivity contribution in [3.8, 4) is 11.3 Å². The van der Waals surface area contributed by atoms with Gasteiger partial charge in [-0.2, -0.15) is 0 Å². The standard InChI is InChI=1S/C30H21N3O4S2/c1-17-20(8-4-9-23(17)33(35)36)24-14-12-19(37-24)16-26-29(34)32-28(25-10-5-15-38-25)22-13-11-18-6-2-3-7-21(18)27(22)31-30(32)39-26/h2-10,12,14-16,28H,11,13H2,1H3/b26-16+/t28-/m0/s1. The molecule has 0 saturated heterocycles. The lowest BCUT2D eigenvalue weighted by molar-refractivity contribution is -0.385. The van der Waals surface area contributed by atoms with Crippen molar-refractivity contribution in [2.45, 2.75) is 25.8 Å². The summed E-state index contributed by atoms with van der Waals surface area (Å²) >= 11 is 3.00. The number of thiophene rings is 1. The lowest BCUT2D eigenvalue weighted by Crippen LogP contribution is -2.38. The fourth-order valence-corrected chi connectivity index (χ4v) is 7.34. The predicted molar refractivity (Wildman–Crippen MR) is 153 cm³/mol. The van der Waals surface area contributed by atoms with E-state index in [1.807, 2.05) is 22.1 Å². The Morgan fingerprint density at radius 2 is 1.90 bits per heavy atom. The number of nitrogens with zero attached hydrogens (tertiary/aromatic N) is 3. The quantitative estimate of drug-likeness (QED) is 0.207. The van der Waals surface area contributed by atoms with E-state index in [4.69, 9.17) is 9.41 Å². The number of aromatic nitrogens is 1. The summed E-state index contributed by atoms with van der Waals surface area (Å²) in [4.78, 5) is 31.6. The molecule has 4 heterocycles. The Hall–Kier alpha value is -4.34. The number of benzene rings is 2. The summed E-state index contributed by atoms with van der Waals surface area (Å²) in [7, 11) is 0. The number of hydrogen-bond donors (Lipinski definition) is 0. The molecule has 192 valence electrons. The van der Waals surface area contributed by atoms with Crippen LogP contribution in [0.4, 0.5) is 5.69 Å². The minimum Gasteiger partial charge on any atom is -0.457 e. The molecule has 0 N–H and O–H groups in total. The Morgan fingerprint density at radius 1 is 1.05 bits per heavy atom. The van der Waals surface area contributed by atoms with Crippen molar-refractivity contribution >= 4 is 40.1 Å². The first-order chi connectivity index (χ1) is 19.0. The number of fused-ring (bicyclic) bond motifs is 3.